The first kappa shape index (κ1) is 10.6. The molecule has 0 unspecified atom stereocenters. The molecule has 7 heteroatoms. The zero-order valence-corrected chi connectivity index (χ0v) is 6.97. The molecule has 14 heavy (non-hydrogen) atoms. The molecule has 0 radical (unpaired) electrons. The number of hydrogen-bond donors (Lipinski definition) is 1. The van der Waals surface area contributed by atoms with Gasteiger partial charge in [0.25, 0.3) is 0 Å². The molecule has 0 saturated carbocycles. The van der Waals surface area contributed by atoms with E-state index in [1.807, 2.05) is 0 Å². The van der Waals surface area contributed by atoms with E-state index < -0.39 is 12.1 Å². The number of rotatable bonds is 3. The van der Waals surface area contributed by atoms with Gasteiger partial charge in [-0.15, -0.1) is 0 Å². The molecule has 0 bridgehead atoms. The Hall–Kier alpha value is -1.53. The smallest absolute Gasteiger partial charge is 0.448 e. The molecule has 0 spiro atoms. The van der Waals surface area contributed by atoms with Gasteiger partial charge < -0.3 is 9.73 Å². The molecule has 4 nitrogen and oxygen atoms in total. The van der Waals surface area contributed by atoms with Gasteiger partial charge in [0.05, 0.1) is 6.20 Å². The predicted octanol–water partition coefficient (Wildman–Crippen LogP) is 0.896. The summed E-state index contributed by atoms with van der Waals surface area (Å²) in [5.41, 5.74) is 0. The monoisotopic (exact) mass is 208 g/mol. The van der Waals surface area contributed by atoms with Crippen molar-refractivity contribution in [1.82, 2.24) is 10.3 Å². The molecule has 1 amide bonds. The molecule has 1 aromatic heterocycles. The summed E-state index contributed by atoms with van der Waals surface area (Å²) in [6.07, 6.45) is -2.11. The van der Waals surface area contributed by atoms with Crippen molar-refractivity contribution >= 4 is 5.91 Å². The van der Waals surface area contributed by atoms with E-state index in [9.17, 15) is 18.0 Å². The summed E-state index contributed by atoms with van der Waals surface area (Å²) in [6.45, 7) is -0.131. The van der Waals surface area contributed by atoms with Crippen LogP contribution in [0.5, 0.6) is 0 Å². The lowest BCUT2D eigenvalue weighted by atomic mass is 10.3. The second kappa shape index (κ2) is 4.12. The van der Waals surface area contributed by atoms with E-state index >= 15 is 0 Å². The van der Waals surface area contributed by atoms with E-state index in [-0.39, 0.29) is 13.0 Å². The van der Waals surface area contributed by atoms with Crippen molar-refractivity contribution in [1.29, 1.82) is 0 Å². The van der Waals surface area contributed by atoms with Crippen LogP contribution in [0.25, 0.3) is 0 Å². The predicted molar refractivity (Wildman–Crippen MR) is 39.3 cm³/mol. The Morgan fingerprint density at radius 2 is 2.29 bits per heavy atom. The van der Waals surface area contributed by atoms with Crippen LogP contribution in [-0.4, -0.2) is 23.6 Å². The third-order valence-electron chi connectivity index (χ3n) is 1.40. The Morgan fingerprint density at radius 3 is 2.79 bits per heavy atom. The van der Waals surface area contributed by atoms with E-state index in [0.717, 1.165) is 0 Å². The average molecular weight is 208 g/mol. The first-order valence-electron chi connectivity index (χ1n) is 3.72. The van der Waals surface area contributed by atoms with Crippen LogP contribution < -0.4 is 5.32 Å². The lowest BCUT2D eigenvalue weighted by molar-refractivity contribution is -0.173. The highest BCUT2D eigenvalue weighted by molar-refractivity contribution is 5.81. The van der Waals surface area contributed by atoms with Crippen LogP contribution >= 0.6 is 0 Å². The number of oxazole rings is 1. The summed E-state index contributed by atoms with van der Waals surface area (Å²) in [4.78, 5) is 13.9. The van der Waals surface area contributed by atoms with Gasteiger partial charge in [-0.25, -0.2) is 4.98 Å². The minimum absolute atomic E-state index is 0.131. The summed E-state index contributed by atoms with van der Waals surface area (Å²) in [5.74, 6) is -1.52. The number of amides is 1. The molecule has 1 rings (SSSR count). The lowest BCUT2D eigenvalue weighted by Crippen LogP contribution is -2.37. The molecule has 0 aliphatic carbocycles. The summed E-state index contributed by atoms with van der Waals surface area (Å²) in [7, 11) is 0. The minimum atomic E-state index is -4.83. The minimum Gasteiger partial charge on any atom is -0.448 e. The van der Waals surface area contributed by atoms with E-state index in [1.54, 1.807) is 5.32 Å². The van der Waals surface area contributed by atoms with Crippen LogP contribution in [-0.2, 0) is 11.2 Å². The number of hydrogen-bond acceptors (Lipinski definition) is 3. The zero-order chi connectivity index (χ0) is 10.6. The number of alkyl halides is 3. The Kier molecular flexibility index (Phi) is 3.10. The fourth-order valence-electron chi connectivity index (χ4n) is 0.765. The first-order valence-corrected chi connectivity index (χ1v) is 3.72. The molecule has 0 saturated heterocycles. The van der Waals surface area contributed by atoms with E-state index in [0.29, 0.717) is 5.76 Å². The van der Waals surface area contributed by atoms with Gasteiger partial charge >= 0.3 is 12.1 Å². The maximum Gasteiger partial charge on any atom is 0.471 e. The number of carbonyl (C=O) groups is 1. The first-order chi connectivity index (χ1) is 6.50. The summed E-state index contributed by atoms with van der Waals surface area (Å²) < 4.78 is 39.8. The Labute approximate surface area is 77.1 Å². The van der Waals surface area contributed by atoms with Gasteiger partial charge in [0.15, 0.2) is 6.39 Å². The van der Waals surface area contributed by atoms with E-state index in [4.69, 9.17) is 4.42 Å². The van der Waals surface area contributed by atoms with Crippen molar-refractivity contribution in [3.63, 3.8) is 0 Å². The Balaban J connectivity index is 2.26. The highest BCUT2D eigenvalue weighted by Gasteiger charge is 2.38. The topological polar surface area (TPSA) is 55.1 Å². The van der Waals surface area contributed by atoms with Crippen molar-refractivity contribution in [2.24, 2.45) is 0 Å². The largest absolute Gasteiger partial charge is 0.471 e. The summed E-state index contributed by atoms with van der Waals surface area (Å²) in [6, 6.07) is 0. The molecule has 1 N–H and O–H groups in total. The highest BCUT2D eigenvalue weighted by atomic mass is 19.4. The van der Waals surface area contributed by atoms with Crippen molar-refractivity contribution in [2.75, 3.05) is 6.54 Å². The number of halogens is 3. The maximum absolute atomic E-state index is 11.7. The molecule has 0 aromatic carbocycles. The lowest BCUT2D eigenvalue weighted by Gasteiger charge is -2.06. The number of nitrogens with one attached hydrogen (secondary N) is 1. The van der Waals surface area contributed by atoms with E-state index in [1.165, 1.54) is 12.6 Å². The van der Waals surface area contributed by atoms with Crippen LogP contribution in [0, 0.1) is 0 Å². The van der Waals surface area contributed by atoms with Gasteiger partial charge in [-0.2, -0.15) is 13.2 Å². The van der Waals surface area contributed by atoms with Gasteiger partial charge in [0.1, 0.15) is 5.76 Å². The summed E-state index contributed by atoms with van der Waals surface area (Å²) in [5, 5.41) is 1.71. The number of nitrogens with zero attached hydrogens (tertiary/aromatic N) is 1. The molecule has 78 valence electrons. The van der Waals surface area contributed by atoms with Crippen molar-refractivity contribution in [3.8, 4) is 0 Å². The van der Waals surface area contributed by atoms with E-state index in [2.05, 4.69) is 4.98 Å². The normalized spacial score (nSPS) is 11.4. The number of carbonyl (C=O) groups excluding carboxylic acids is 1. The van der Waals surface area contributed by atoms with Crippen LogP contribution in [0.1, 0.15) is 5.76 Å². The van der Waals surface area contributed by atoms with Crippen LogP contribution in [0.15, 0.2) is 17.0 Å². The second-order valence-electron chi connectivity index (χ2n) is 2.47. The van der Waals surface area contributed by atoms with Crippen LogP contribution in [0.3, 0.4) is 0 Å². The fraction of sp³-hybridized carbons (Fsp3) is 0.429. The molecular formula is C7H7F3N2O2. The van der Waals surface area contributed by atoms with Gasteiger partial charge in [0, 0.05) is 13.0 Å². The molecular weight excluding hydrogens is 201 g/mol. The molecule has 1 aromatic rings. The third-order valence-corrected chi connectivity index (χ3v) is 1.40. The molecule has 1 heterocycles. The highest BCUT2D eigenvalue weighted by Crippen LogP contribution is 2.13. The van der Waals surface area contributed by atoms with Crippen molar-refractivity contribution in [3.05, 3.63) is 18.4 Å². The van der Waals surface area contributed by atoms with Crippen LogP contribution in [0.4, 0.5) is 13.2 Å². The van der Waals surface area contributed by atoms with Crippen molar-refractivity contribution < 1.29 is 22.4 Å². The number of aromatic nitrogens is 1. The Bertz CT molecular complexity index is 294. The molecule has 0 atom stereocenters. The van der Waals surface area contributed by atoms with Gasteiger partial charge in [-0.3, -0.25) is 4.79 Å². The quantitative estimate of drug-likeness (QED) is 0.802. The van der Waals surface area contributed by atoms with Crippen LogP contribution in [0.2, 0.25) is 0 Å². The van der Waals surface area contributed by atoms with Gasteiger partial charge in [-0.1, -0.05) is 0 Å². The fourth-order valence-corrected chi connectivity index (χ4v) is 0.765. The zero-order valence-electron chi connectivity index (χ0n) is 6.97. The maximum atomic E-state index is 11.7. The average Bonchev–Trinajstić information content (AvgIpc) is 2.55. The van der Waals surface area contributed by atoms with Gasteiger partial charge in [0.2, 0.25) is 0 Å². The SMILES string of the molecule is O=C(NCCc1cnco1)C(F)(F)F. The molecule has 0 aliphatic heterocycles. The Morgan fingerprint density at radius 1 is 1.57 bits per heavy atom. The van der Waals surface area contributed by atoms with Gasteiger partial charge in [-0.05, 0) is 0 Å². The standard InChI is InChI=1S/C7H7F3N2O2/c8-7(9,10)6(13)12-2-1-5-3-11-4-14-5/h3-4H,1-2H2,(H,12,13). The van der Waals surface area contributed by atoms with Crippen molar-refractivity contribution in [2.45, 2.75) is 12.6 Å². The second-order valence-corrected chi connectivity index (χ2v) is 2.47. The summed E-state index contributed by atoms with van der Waals surface area (Å²) >= 11 is 0. The molecule has 0 aliphatic rings. The third kappa shape index (κ3) is 3.08. The molecule has 0 fully saturated rings.